The van der Waals surface area contributed by atoms with E-state index in [1.54, 1.807) is 6.07 Å². The molecule has 1 aliphatic carbocycles. The SMILES string of the molecule is CN(C)CC1(CNc2ccc(S(C)(=O)=O)cc2S(C)(=O)=O)CCCC1. The number of anilines is 1. The van der Waals surface area contributed by atoms with Crippen LogP contribution in [0.2, 0.25) is 0 Å². The molecule has 142 valence electrons. The lowest BCUT2D eigenvalue weighted by atomic mass is 9.85. The Kier molecular flexibility index (Phi) is 5.85. The molecule has 0 saturated heterocycles. The molecule has 0 unspecified atom stereocenters. The lowest BCUT2D eigenvalue weighted by Crippen LogP contribution is -2.37. The van der Waals surface area contributed by atoms with E-state index in [-0.39, 0.29) is 15.2 Å². The number of rotatable bonds is 7. The maximum atomic E-state index is 12.1. The van der Waals surface area contributed by atoms with E-state index in [1.165, 1.54) is 25.0 Å². The summed E-state index contributed by atoms with van der Waals surface area (Å²) in [6, 6.07) is 4.27. The molecule has 1 fully saturated rings. The first-order valence-corrected chi connectivity index (χ1v) is 12.1. The Bertz CT molecular complexity index is 824. The van der Waals surface area contributed by atoms with Crippen molar-refractivity contribution in [3.8, 4) is 0 Å². The van der Waals surface area contributed by atoms with Crippen molar-refractivity contribution in [2.45, 2.75) is 35.5 Å². The van der Waals surface area contributed by atoms with Gasteiger partial charge >= 0.3 is 0 Å². The van der Waals surface area contributed by atoms with Crippen LogP contribution in [0.25, 0.3) is 0 Å². The van der Waals surface area contributed by atoms with Crippen LogP contribution < -0.4 is 5.32 Å². The molecule has 0 spiro atoms. The molecule has 0 heterocycles. The fourth-order valence-corrected chi connectivity index (χ4v) is 5.26. The first-order chi connectivity index (χ1) is 11.4. The van der Waals surface area contributed by atoms with E-state index in [0.717, 1.165) is 31.9 Å². The van der Waals surface area contributed by atoms with E-state index in [9.17, 15) is 16.8 Å². The van der Waals surface area contributed by atoms with Gasteiger partial charge in [-0.2, -0.15) is 0 Å². The number of hydrogen-bond donors (Lipinski definition) is 1. The standard InChI is InChI=1S/C17H28N2O4S2/c1-19(2)13-17(9-5-6-10-17)12-18-15-8-7-14(24(3,20)21)11-16(15)25(4,22)23/h7-8,11,18H,5-6,9-10,12-13H2,1-4H3. The van der Waals surface area contributed by atoms with Gasteiger partial charge in [-0.15, -0.1) is 0 Å². The molecule has 0 aromatic heterocycles. The van der Waals surface area contributed by atoms with Crippen molar-refractivity contribution in [1.82, 2.24) is 4.90 Å². The van der Waals surface area contributed by atoms with Crippen LogP contribution in [-0.2, 0) is 19.7 Å². The first kappa shape index (κ1) is 20.2. The van der Waals surface area contributed by atoms with Crippen LogP contribution in [0.3, 0.4) is 0 Å². The molecule has 0 atom stereocenters. The molecule has 0 aliphatic heterocycles. The van der Waals surface area contributed by atoms with Crippen molar-refractivity contribution in [2.24, 2.45) is 5.41 Å². The fourth-order valence-electron chi connectivity index (χ4n) is 3.66. The summed E-state index contributed by atoms with van der Waals surface area (Å²) in [5.74, 6) is 0. The molecule has 1 aliphatic rings. The molecule has 0 radical (unpaired) electrons. The summed E-state index contributed by atoms with van der Waals surface area (Å²) in [6.07, 6.45) is 6.75. The van der Waals surface area contributed by atoms with Gasteiger partial charge in [0, 0.05) is 31.0 Å². The molecule has 1 aromatic carbocycles. The second-order valence-corrected chi connectivity index (χ2v) is 11.5. The minimum Gasteiger partial charge on any atom is -0.383 e. The van der Waals surface area contributed by atoms with E-state index < -0.39 is 19.7 Å². The van der Waals surface area contributed by atoms with Crippen LogP contribution in [0.4, 0.5) is 5.69 Å². The molecule has 0 bridgehead atoms. The minimum atomic E-state index is -3.54. The van der Waals surface area contributed by atoms with E-state index >= 15 is 0 Å². The van der Waals surface area contributed by atoms with Gasteiger partial charge < -0.3 is 10.2 Å². The van der Waals surface area contributed by atoms with Crippen LogP contribution >= 0.6 is 0 Å². The summed E-state index contributed by atoms with van der Waals surface area (Å²) in [7, 11) is -2.91. The summed E-state index contributed by atoms with van der Waals surface area (Å²) in [5, 5.41) is 3.29. The highest BCUT2D eigenvalue weighted by Crippen LogP contribution is 2.39. The topological polar surface area (TPSA) is 83.6 Å². The Labute approximate surface area is 151 Å². The smallest absolute Gasteiger partial charge is 0.177 e. The predicted molar refractivity (Wildman–Crippen MR) is 101 cm³/mol. The maximum Gasteiger partial charge on any atom is 0.177 e. The summed E-state index contributed by atoms with van der Waals surface area (Å²) < 4.78 is 47.8. The molecule has 1 N–H and O–H groups in total. The third-order valence-electron chi connectivity index (χ3n) is 4.75. The zero-order valence-corrected chi connectivity index (χ0v) is 17.0. The van der Waals surface area contributed by atoms with E-state index in [1.807, 2.05) is 14.1 Å². The number of hydrogen-bond acceptors (Lipinski definition) is 6. The largest absolute Gasteiger partial charge is 0.383 e. The van der Waals surface area contributed by atoms with Crippen molar-refractivity contribution in [1.29, 1.82) is 0 Å². The van der Waals surface area contributed by atoms with Crippen molar-refractivity contribution in [3.05, 3.63) is 18.2 Å². The van der Waals surface area contributed by atoms with Gasteiger partial charge in [-0.25, -0.2) is 16.8 Å². The molecule has 8 heteroatoms. The number of nitrogens with zero attached hydrogens (tertiary/aromatic N) is 1. The monoisotopic (exact) mass is 388 g/mol. The minimum absolute atomic E-state index is 0.0161. The molecule has 2 rings (SSSR count). The van der Waals surface area contributed by atoms with Gasteiger partial charge in [0.1, 0.15) is 0 Å². The van der Waals surface area contributed by atoms with Crippen LogP contribution in [-0.4, -0.2) is 61.4 Å². The van der Waals surface area contributed by atoms with Crippen molar-refractivity contribution >= 4 is 25.4 Å². The molecule has 0 amide bonds. The quantitative estimate of drug-likeness (QED) is 0.769. The number of nitrogens with one attached hydrogen (secondary N) is 1. The summed E-state index contributed by atoms with van der Waals surface area (Å²) >= 11 is 0. The van der Waals surface area contributed by atoms with Crippen molar-refractivity contribution in [3.63, 3.8) is 0 Å². The molecule has 25 heavy (non-hydrogen) atoms. The lowest BCUT2D eigenvalue weighted by Gasteiger charge is -2.33. The van der Waals surface area contributed by atoms with Crippen LogP contribution in [0.15, 0.2) is 28.0 Å². The Morgan fingerprint density at radius 2 is 1.64 bits per heavy atom. The van der Waals surface area contributed by atoms with E-state index in [4.69, 9.17) is 0 Å². The Hall–Kier alpha value is -1.12. The van der Waals surface area contributed by atoms with E-state index in [2.05, 4.69) is 10.2 Å². The Balaban J connectivity index is 2.33. The average molecular weight is 389 g/mol. The molecular weight excluding hydrogens is 360 g/mol. The third kappa shape index (κ3) is 5.18. The van der Waals surface area contributed by atoms with Gasteiger partial charge in [-0.1, -0.05) is 12.8 Å². The van der Waals surface area contributed by atoms with Crippen LogP contribution in [0.1, 0.15) is 25.7 Å². The van der Waals surface area contributed by atoms with Crippen LogP contribution in [0, 0.1) is 5.41 Å². The number of sulfone groups is 2. The molecule has 6 nitrogen and oxygen atoms in total. The normalized spacial score (nSPS) is 17.8. The van der Waals surface area contributed by atoms with Gasteiger partial charge in [-0.3, -0.25) is 0 Å². The van der Waals surface area contributed by atoms with Gasteiger partial charge in [-0.05, 0) is 45.1 Å². The number of benzene rings is 1. The van der Waals surface area contributed by atoms with Gasteiger partial charge in [0.25, 0.3) is 0 Å². The maximum absolute atomic E-state index is 12.1. The van der Waals surface area contributed by atoms with Crippen molar-refractivity contribution < 1.29 is 16.8 Å². The average Bonchev–Trinajstić information content (AvgIpc) is 2.91. The zero-order valence-electron chi connectivity index (χ0n) is 15.4. The highest BCUT2D eigenvalue weighted by molar-refractivity contribution is 7.91. The molecular formula is C17H28N2O4S2. The van der Waals surface area contributed by atoms with Gasteiger partial charge in [0.15, 0.2) is 19.7 Å². The molecule has 1 aromatic rings. The summed E-state index contributed by atoms with van der Waals surface area (Å²) in [4.78, 5) is 2.22. The van der Waals surface area contributed by atoms with Gasteiger partial charge in [0.2, 0.25) is 0 Å². The van der Waals surface area contributed by atoms with Crippen LogP contribution in [0.5, 0.6) is 0 Å². The second kappa shape index (κ2) is 7.25. The van der Waals surface area contributed by atoms with Gasteiger partial charge in [0.05, 0.1) is 15.5 Å². The first-order valence-electron chi connectivity index (χ1n) is 8.36. The highest BCUT2D eigenvalue weighted by Gasteiger charge is 2.34. The lowest BCUT2D eigenvalue weighted by molar-refractivity contribution is 0.215. The predicted octanol–water partition coefficient (Wildman–Crippen LogP) is 2.03. The zero-order chi connectivity index (χ0) is 18.9. The Morgan fingerprint density at radius 3 is 2.12 bits per heavy atom. The fraction of sp³-hybridized carbons (Fsp3) is 0.647. The van der Waals surface area contributed by atoms with Crippen molar-refractivity contribution in [2.75, 3.05) is 45.0 Å². The Morgan fingerprint density at radius 1 is 1.04 bits per heavy atom. The highest BCUT2D eigenvalue weighted by atomic mass is 32.2. The molecule has 1 saturated carbocycles. The van der Waals surface area contributed by atoms with E-state index in [0.29, 0.717) is 12.2 Å². The second-order valence-electron chi connectivity index (χ2n) is 7.50. The summed E-state index contributed by atoms with van der Waals surface area (Å²) in [5.41, 5.74) is 0.591. The third-order valence-corrected chi connectivity index (χ3v) is 7.00. The summed E-state index contributed by atoms with van der Waals surface area (Å²) in [6.45, 7) is 1.61.